The van der Waals surface area contributed by atoms with Gasteiger partial charge in [-0.15, -0.1) is 0 Å². The summed E-state index contributed by atoms with van der Waals surface area (Å²) in [5.41, 5.74) is -0.0625. The fourth-order valence-corrected chi connectivity index (χ4v) is 8.76. The van der Waals surface area contributed by atoms with Crippen molar-refractivity contribution >= 4 is 11.9 Å². The van der Waals surface area contributed by atoms with Crippen LogP contribution in [0.4, 0.5) is 0 Å². The first kappa shape index (κ1) is 28.4. The van der Waals surface area contributed by atoms with E-state index in [1.165, 1.54) is 25.8 Å². The van der Waals surface area contributed by atoms with Gasteiger partial charge < -0.3 is 14.6 Å². The van der Waals surface area contributed by atoms with Crippen LogP contribution in [0.5, 0.6) is 0 Å². The highest BCUT2D eigenvalue weighted by molar-refractivity contribution is 5.67. The Bertz CT molecular complexity index is 951. The maximum absolute atomic E-state index is 12.3. The lowest BCUT2D eigenvalue weighted by Gasteiger charge is -2.62. The highest BCUT2D eigenvalue weighted by Crippen LogP contribution is 2.68. The van der Waals surface area contributed by atoms with E-state index in [4.69, 9.17) is 9.47 Å². The van der Waals surface area contributed by atoms with Crippen LogP contribution in [0, 0.1) is 46.3 Å². The average molecular weight is 515 g/mol. The number of aliphatic hydroxyl groups is 1. The van der Waals surface area contributed by atoms with Crippen molar-refractivity contribution in [2.45, 2.75) is 118 Å². The minimum atomic E-state index is -1.25. The minimum absolute atomic E-state index is 0.203. The molecule has 5 heteroatoms. The second-order valence-electron chi connectivity index (χ2n) is 13.7. The maximum Gasteiger partial charge on any atom is 0.303 e. The largest absolute Gasteiger partial charge is 0.462 e. The molecule has 208 valence electrons. The van der Waals surface area contributed by atoms with E-state index in [9.17, 15) is 14.7 Å². The van der Waals surface area contributed by atoms with Gasteiger partial charge in [0.2, 0.25) is 0 Å². The molecule has 1 N–H and O–H groups in total. The van der Waals surface area contributed by atoms with Gasteiger partial charge in [0.15, 0.2) is 0 Å². The van der Waals surface area contributed by atoms with Crippen LogP contribution in [0.25, 0.3) is 0 Å². The molecule has 0 radical (unpaired) electrons. The normalized spacial score (nSPS) is 42.9. The van der Waals surface area contributed by atoms with Crippen LogP contribution < -0.4 is 0 Å². The number of allylic oxidation sites excluding steroid dienone is 3. The van der Waals surface area contributed by atoms with Crippen molar-refractivity contribution in [3.63, 3.8) is 0 Å². The second kappa shape index (κ2) is 10.2. The zero-order chi connectivity index (χ0) is 27.3. The maximum atomic E-state index is 12.3. The fourth-order valence-electron chi connectivity index (χ4n) is 8.76. The molecule has 0 aromatic rings. The molecule has 0 saturated heterocycles. The topological polar surface area (TPSA) is 72.8 Å². The van der Waals surface area contributed by atoms with Crippen LogP contribution in [-0.4, -0.2) is 34.9 Å². The zero-order valence-electron chi connectivity index (χ0n) is 24.4. The monoisotopic (exact) mass is 514 g/mol. The molecular formula is C32H50O5. The van der Waals surface area contributed by atoms with Crippen molar-refractivity contribution in [1.82, 2.24) is 0 Å². The summed E-state index contributed by atoms with van der Waals surface area (Å²) in [5, 5.41) is 12.3. The Morgan fingerprint density at radius 3 is 2.24 bits per heavy atom. The van der Waals surface area contributed by atoms with Crippen LogP contribution >= 0.6 is 0 Å². The van der Waals surface area contributed by atoms with Gasteiger partial charge in [0.1, 0.15) is 17.8 Å². The van der Waals surface area contributed by atoms with Gasteiger partial charge in [-0.25, -0.2) is 0 Å². The zero-order valence-corrected chi connectivity index (χ0v) is 24.4. The van der Waals surface area contributed by atoms with Crippen LogP contribution in [0.15, 0.2) is 23.8 Å². The first-order chi connectivity index (χ1) is 17.2. The van der Waals surface area contributed by atoms with E-state index in [1.54, 1.807) is 0 Å². The summed E-state index contributed by atoms with van der Waals surface area (Å²) >= 11 is 0. The number of carbonyl (C=O) groups excluding carboxylic acids is 2. The number of carbonyl (C=O) groups is 2. The number of rotatable bonds is 6. The molecule has 0 aromatic heterocycles. The molecule has 0 bridgehead atoms. The molecule has 0 spiro atoms. The van der Waals surface area contributed by atoms with E-state index in [0.717, 1.165) is 32.1 Å². The summed E-state index contributed by atoms with van der Waals surface area (Å²) in [7, 11) is 0. The Morgan fingerprint density at radius 2 is 1.62 bits per heavy atom. The van der Waals surface area contributed by atoms with E-state index in [0.29, 0.717) is 36.0 Å². The lowest BCUT2D eigenvalue weighted by atomic mass is 9.45. The van der Waals surface area contributed by atoms with Gasteiger partial charge in [-0.2, -0.15) is 0 Å². The number of hydrogen-bond donors (Lipinski definition) is 1. The molecule has 0 aromatic carbocycles. The van der Waals surface area contributed by atoms with Gasteiger partial charge in [-0.3, -0.25) is 9.59 Å². The van der Waals surface area contributed by atoms with Crippen molar-refractivity contribution in [2.75, 3.05) is 0 Å². The van der Waals surface area contributed by atoms with Gasteiger partial charge in [0.05, 0.1) is 0 Å². The molecular weight excluding hydrogens is 464 g/mol. The molecule has 0 heterocycles. The molecule has 3 fully saturated rings. The van der Waals surface area contributed by atoms with Crippen molar-refractivity contribution in [2.24, 2.45) is 46.3 Å². The Balaban J connectivity index is 1.67. The minimum Gasteiger partial charge on any atom is -0.462 e. The molecule has 0 aliphatic heterocycles. The molecule has 37 heavy (non-hydrogen) atoms. The first-order valence-corrected chi connectivity index (χ1v) is 14.7. The smallest absolute Gasteiger partial charge is 0.303 e. The number of esters is 2. The molecule has 10 atom stereocenters. The van der Waals surface area contributed by atoms with Gasteiger partial charge >= 0.3 is 11.9 Å². The summed E-state index contributed by atoms with van der Waals surface area (Å²) in [4.78, 5) is 23.9. The highest BCUT2D eigenvalue weighted by atomic mass is 16.6. The number of ether oxygens (including phenoxy) is 2. The molecule has 4 aliphatic carbocycles. The highest BCUT2D eigenvalue weighted by Gasteiger charge is 2.66. The predicted molar refractivity (Wildman–Crippen MR) is 145 cm³/mol. The summed E-state index contributed by atoms with van der Waals surface area (Å²) in [5.74, 6) is 2.35. The predicted octanol–water partition coefficient (Wildman–Crippen LogP) is 6.64. The van der Waals surface area contributed by atoms with Crippen LogP contribution in [0.2, 0.25) is 0 Å². The summed E-state index contributed by atoms with van der Waals surface area (Å²) < 4.78 is 11.4. The van der Waals surface area contributed by atoms with Crippen LogP contribution in [0.1, 0.15) is 100 Å². The van der Waals surface area contributed by atoms with E-state index in [2.05, 4.69) is 59.8 Å². The third kappa shape index (κ3) is 4.83. The van der Waals surface area contributed by atoms with Gasteiger partial charge in [0.25, 0.3) is 0 Å². The molecule has 4 rings (SSSR count). The number of hydrogen-bond acceptors (Lipinski definition) is 5. The van der Waals surface area contributed by atoms with Gasteiger partial charge in [0, 0.05) is 25.7 Å². The van der Waals surface area contributed by atoms with E-state index < -0.39 is 17.1 Å². The lowest BCUT2D eigenvalue weighted by molar-refractivity contribution is -0.225. The van der Waals surface area contributed by atoms with E-state index in [1.807, 2.05) is 0 Å². The van der Waals surface area contributed by atoms with Crippen molar-refractivity contribution < 1.29 is 24.2 Å². The number of fused-ring (bicyclic) bond motifs is 5. The molecule has 3 saturated carbocycles. The van der Waals surface area contributed by atoms with Crippen molar-refractivity contribution in [3.8, 4) is 0 Å². The van der Waals surface area contributed by atoms with E-state index in [-0.39, 0.29) is 29.4 Å². The molecule has 4 aliphatic rings. The van der Waals surface area contributed by atoms with E-state index >= 15 is 0 Å². The average Bonchev–Trinajstić information content (AvgIpc) is 3.15. The SMILES string of the molecule is CC(=O)OC1CC[C@]2(C)[C@H]3CC[C@]4(C)[C@@H]([C@H](C)C=C[C@H](C)C(C)C)CC[C@H]4C3=CC(OC(C)=O)[C@@]2(O)C1. The fraction of sp³-hybridized carbons (Fsp3) is 0.812. The molecule has 2 unspecified atom stereocenters. The van der Waals surface area contributed by atoms with Crippen LogP contribution in [-0.2, 0) is 19.1 Å². The third-order valence-corrected chi connectivity index (χ3v) is 11.3. The molecule has 0 amide bonds. The van der Waals surface area contributed by atoms with Crippen molar-refractivity contribution in [3.05, 3.63) is 23.8 Å². The Morgan fingerprint density at radius 1 is 0.946 bits per heavy atom. The first-order valence-electron chi connectivity index (χ1n) is 14.7. The standard InChI is InChI=1S/C32H50O5/c1-19(2)20(3)9-10-21(4)26-11-12-27-25-17-29(37-23(6)34)32(35)18-24(36-22(5)33)13-16-31(32,8)28(25)14-15-30(26,27)7/h9-10,17,19-21,24,26-29,35H,11-16,18H2,1-8H3/t20-,21+,24?,26+,27-,28-,29?,30+,31+,32-/m0/s1. The Labute approximate surface area is 224 Å². The summed E-state index contributed by atoms with van der Waals surface area (Å²) in [6, 6.07) is 0. The quantitative estimate of drug-likeness (QED) is 0.318. The Kier molecular flexibility index (Phi) is 7.80. The van der Waals surface area contributed by atoms with Crippen molar-refractivity contribution in [1.29, 1.82) is 0 Å². The Hall–Kier alpha value is -1.62. The second-order valence-corrected chi connectivity index (χ2v) is 13.7. The molecule has 5 nitrogen and oxygen atoms in total. The van der Waals surface area contributed by atoms with Crippen LogP contribution in [0.3, 0.4) is 0 Å². The van der Waals surface area contributed by atoms with Gasteiger partial charge in [-0.1, -0.05) is 59.3 Å². The summed E-state index contributed by atoms with van der Waals surface area (Å²) in [6.45, 7) is 16.8. The lowest BCUT2D eigenvalue weighted by Crippen LogP contribution is -2.66. The van der Waals surface area contributed by atoms with Gasteiger partial charge in [-0.05, 0) is 85.5 Å². The third-order valence-electron chi connectivity index (χ3n) is 11.3. The summed E-state index contributed by atoms with van der Waals surface area (Å²) in [6.07, 6.45) is 12.3.